The van der Waals surface area contributed by atoms with E-state index < -0.39 is 37.6 Å². The van der Waals surface area contributed by atoms with Crippen LogP contribution in [0.15, 0.2) is 0 Å². The lowest BCUT2D eigenvalue weighted by Gasteiger charge is -2.30. The number of nitrogens with zero attached hydrogens (tertiary/aromatic N) is 1. The molecule has 0 spiro atoms. The summed E-state index contributed by atoms with van der Waals surface area (Å²) in [6.07, 6.45) is -9.71. The van der Waals surface area contributed by atoms with E-state index in [9.17, 15) is 31.9 Å². The SMILES string of the molecule is CC[N+](C)(CC)CC.O=C(OB(O)O)C(=O)OC(=O)C(F)C(F)(F)F. The van der Waals surface area contributed by atoms with Crippen molar-refractivity contribution in [2.75, 3.05) is 26.7 Å². The quantitative estimate of drug-likeness (QED) is 0.173. The van der Waals surface area contributed by atoms with Crippen LogP contribution in [0.2, 0.25) is 0 Å². The normalized spacial score (nSPS) is 12.4. The first-order valence-corrected chi connectivity index (χ1v) is 7.11. The number of esters is 2. The molecule has 0 amide bonds. The molecule has 25 heavy (non-hydrogen) atoms. The highest BCUT2D eigenvalue weighted by Crippen LogP contribution is 2.23. The average Bonchev–Trinajstić information content (AvgIpc) is 2.52. The molecule has 2 N–H and O–H groups in total. The fourth-order valence-corrected chi connectivity index (χ4v) is 1.13. The smallest absolute Gasteiger partial charge is 0.476 e. The van der Waals surface area contributed by atoms with E-state index in [1.54, 1.807) is 0 Å². The third kappa shape index (κ3) is 10.7. The molecule has 0 saturated heterocycles. The summed E-state index contributed by atoms with van der Waals surface area (Å²) in [7, 11) is -0.450. The van der Waals surface area contributed by atoms with Gasteiger partial charge in [-0.3, -0.25) is 0 Å². The molecule has 13 heteroatoms. The number of ether oxygens (including phenoxy) is 1. The molecule has 0 rings (SSSR count). The molecule has 1 unspecified atom stereocenters. The molecule has 0 bridgehead atoms. The molecule has 0 aliphatic heterocycles. The zero-order valence-corrected chi connectivity index (χ0v) is 14.2. The Kier molecular flexibility index (Phi) is 11.2. The van der Waals surface area contributed by atoms with Gasteiger partial charge in [-0.05, 0) is 20.8 Å². The van der Waals surface area contributed by atoms with Gasteiger partial charge in [-0.25, -0.2) is 18.8 Å². The first-order chi connectivity index (χ1) is 11.2. The molecule has 0 fully saturated rings. The van der Waals surface area contributed by atoms with Crippen molar-refractivity contribution < 1.29 is 55.9 Å². The van der Waals surface area contributed by atoms with Crippen molar-refractivity contribution in [1.82, 2.24) is 0 Å². The van der Waals surface area contributed by atoms with Gasteiger partial charge in [-0.2, -0.15) is 13.2 Å². The van der Waals surface area contributed by atoms with Gasteiger partial charge in [0, 0.05) is 0 Å². The van der Waals surface area contributed by atoms with Crippen molar-refractivity contribution in [2.24, 2.45) is 0 Å². The highest BCUT2D eigenvalue weighted by Gasteiger charge is 2.48. The van der Waals surface area contributed by atoms with Gasteiger partial charge < -0.3 is 23.9 Å². The number of hydrogen-bond donors (Lipinski definition) is 2. The molecule has 146 valence electrons. The minimum Gasteiger partial charge on any atom is -0.476 e. The number of hydrogen-bond acceptors (Lipinski definition) is 7. The summed E-state index contributed by atoms with van der Waals surface area (Å²) in [5.41, 5.74) is 0. The zero-order valence-electron chi connectivity index (χ0n) is 14.2. The van der Waals surface area contributed by atoms with Gasteiger partial charge >= 0.3 is 31.4 Å². The number of rotatable bonds is 5. The molecule has 0 aromatic rings. The number of carbonyl (C=O) groups is 3. The van der Waals surface area contributed by atoms with Gasteiger partial charge in [0.1, 0.15) is 0 Å². The van der Waals surface area contributed by atoms with Crippen molar-refractivity contribution in [2.45, 2.75) is 33.1 Å². The minimum atomic E-state index is -5.60. The van der Waals surface area contributed by atoms with Crippen LogP contribution in [0.3, 0.4) is 0 Å². The highest BCUT2D eigenvalue weighted by atomic mass is 19.4. The van der Waals surface area contributed by atoms with E-state index in [4.69, 9.17) is 10.0 Å². The lowest BCUT2D eigenvalue weighted by molar-refractivity contribution is -0.904. The van der Waals surface area contributed by atoms with E-state index in [1.165, 1.54) is 24.1 Å². The van der Waals surface area contributed by atoms with Gasteiger partial charge in [0.05, 0.1) is 26.7 Å². The summed E-state index contributed by atoms with van der Waals surface area (Å²) >= 11 is 0. The minimum absolute atomic E-state index is 1.21. The van der Waals surface area contributed by atoms with E-state index in [0.29, 0.717) is 0 Å². The summed E-state index contributed by atoms with van der Waals surface area (Å²) in [4.78, 5) is 31.2. The van der Waals surface area contributed by atoms with Crippen LogP contribution >= 0.6 is 0 Å². The Bertz CT molecular complexity index is 447. The van der Waals surface area contributed by atoms with Crippen molar-refractivity contribution in [1.29, 1.82) is 0 Å². The first kappa shape index (κ1) is 25.5. The Morgan fingerprint density at radius 1 is 1.04 bits per heavy atom. The summed E-state index contributed by atoms with van der Waals surface area (Å²) < 4.78 is 54.6. The van der Waals surface area contributed by atoms with Gasteiger partial charge in [-0.15, -0.1) is 0 Å². The van der Waals surface area contributed by atoms with Crippen molar-refractivity contribution in [3.8, 4) is 0 Å². The molecular weight excluding hydrogens is 357 g/mol. The predicted octanol–water partition coefficient (Wildman–Crippen LogP) is -0.0380. The maximum Gasteiger partial charge on any atom is 0.709 e. The molecule has 0 aliphatic rings. The van der Waals surface area contributed by atoms with E-state index >= 15 is 0 Å². The highest BCUT2D eigenvalue weighted by molar-refractivity contribution is 6.43. The summed E-state index contributed by atoms with van der Waals surface area (Å²) in [6, 6.07) is 0. The summed E-state index contributed by atoms with van der Waals surface area (Å²) in [5.74, 6) is -7.18. The Hall–Kier alpha value is -1.73. The Balaban J connectivity index is 0. The van der Waals surface area contributed by atoms with Gasteiger partial charge in [-0.1, -0.05) is 0 Å². The molecule has 0 radical (unpaired) electrons. The number of halogens is 4. The summed E-state index contributed by atoms with van der Waals surface area (Å²) in [5, 5.41) is 16.0. The molecule has 1 atom stereocenters. The average molecular weight is 378 g/mol. The Morgan fingerprint density at radius 2 is 1.44 bits per heavy atom. The van der Waals surface area contributed by atoms with Crippen LogP contribution in [0, 0.1) is 0 Å². The van der Waals surface area contributed by atoms with E-state index in [-0.39, 0.29) is 0 Å². The van der Waals surface area contributed by atoms with Crippen molar-refractivity contribution in [3.63, 3.8) is 0 Å². The summed E-state index contributed by atoms with van der Waals surface area (Å²) in [6.45, 7) is 10.5. The van der Waals surface area contributed by atoms with Crippen LogP contribution in [0.25, 0.3) is 0 Å². The van der Waals surface area contributed by atoms with E-state index in [1.807, 2.05) is 0 Å². The van der Waals surface area contributed by atoms with Crippen molar-refractivity contribution in [3.05, 3.63) is 0 Å². The third-order valence-corrected chi connectivity index (χ3v) is 3.36. The fraction of sp³-hybridized carbons (Fsp3) is 0.750. The topological polar surface area (TPSA) is 110 Å². The first-order valence-electron chi connectivity index (χ1n) is 7.11. The molecule has 0 saturated carbocycles. The molecular formula is C12H21BF4NO7+. The van der Waals surface area contributed by atoms with Crippen LogP contribution in [0.4, 0.5) is 17.6 Å². The van der Waals surface area contributed by atoms with Gasteiger partial charge in [0.2, 0.25) is 0 Å². The van der Waals surface area contributed by atoms with Crippen LogP contribution in [0.1, 0.15) is 20.8 Å². The second kappa shape index (κ2) is 11.0. The zero-order chi connectivity index (χ0) is 20.4. The largest absolute Gasteiger partial charge is 0.709 e. The van der Waals surface area contributed by atoms with Crippen LogP contribution < -0.4 is 0 Å². The predicted molar refractivity (Wildman–Crippen MR) is 76.1 cm³/mol. The van der Waals surface area contributed by atoms with Crippen molar-refractivity contribution >= 4 is 25.2 Å². The Labute approximate surface area is 142 Å². The second-order valence-electron chi connectivity index (χ2n) is 4.91. The molecule has 0 heterocycles. The number of alkyl halides is 4. The maximum absolute atomic E-state index is 12.2. The van der Waals surface area contributed by atoms with Crippen LogP contribution in [-0.4, -0.2) is 78.8 Å². The van der Waals surface area contributed by atoms with Gasteiger partial charge in [0.25, 0.3) is 6.17 Å². The number of carbonyl (C=O) groups excluding carboxylic acids is 3. The second-order valence-corrected chi connectivity index (χ2v) is 4.91. The molecule has 0 aliphatic carbocycles. The fourth-order valence-electron chi connectivity index (χ4n) is 1.13. The maximum atomic E-state index is 12.2. The van der Waals surface area contributed by atoms with Crippen LogP contribution in [0.5, 0.6) is 0 Å². The van der Waals surface area contributed by atoms with Crippen LogP contribution in [-0.2, 0) is 23.8 Å². The third-order valence-electron chi connectivity index (χ3n) is 3.36. The monoisotopic (exact) mass is 378 g/mol. The van der Waals surface area contributed by atoms with Gasteiger partial charge in [0.15, 0.2) is 0 Å². The van der Waals surface area contributed by atoms with E-state index in [2.05, 4.69) is 37.2 Å². The molecule has 0 aromatic heterocycles. The number of quaternary nitrogens is 1. The molecule has 0 aromatic carbocycles. The standard InChI is InChI=1S/C7H18N.C5H3BF4O7/c1-5-8(4,6-2)7-3;7-1(5(8,9)10)2(11)16-3(12)4(13)17-6(14)15/h5-7H2,1-4H3;1,14-15H/q+1;. The Morgan fingerprint density at radius 3 is 1.68 bits per heavy atom. The van der Waals surface area contributed by atoms with E-state index in [0.717, 1.165) is 0 Å². The molecule has 8 nitrogen and oxygen atoms in total. The lowest BCUT2D eigenvalue weighted by Crippen LogP contribution is -2.42. The lowest BCUT2D eigenvalue weighted by atomic mass is 10.3.